The number of ether oxygens (including phenoxy) is 1. The van der Waals surface area contributed by atoms with Crippen LogP contribution in [0.5, 0.6) is 11.6 Å². The average molecular weight is 480 g/mol. The van der Waals surface area contributed by atoms with Crippen molar-refractivity contribution in [3.8, 4) is 34.0 Å². The number of phenols is 1. The minimum Gasteiger partial charge on any atom is -0.507 e. The molecule has 35 heavy (non-hydrogen) atoms. The minimum absolute atomic E-state index is 0.0916. The number of piperidine rings is 1. The molecule has 7 nitrogen and oxygen atoms in total. The smallest absolute Gasteiger partial charge is 0.213 e. The van der Waals surface area contributed by atoms with Gasteiger partial charge in [-0.1, -0.05) is 0 Å². The molecular formula is C26H27F2N5O2. The fourth-order valence-electron chi connectivity index (χ4n) is 5.49. The Balaban J connectivity index is 1.28. The molecule has 4 heterocycles. The van der Waals surface area contributed by atoms with Crippen molar-refractivity contribution in [3.05, 3.63) is 48.7 Å². The summed E-state index contributed by atoms with van der Waals surface area (Å²) in [5.41, 5.74) is 1.36. The van der Waals surface area contributed by atoms with Gasteiger partial charge < -0.3 is 20.1 Å². The number of halogens is 2. The first-order chi connectivity index (χ1) is 17.0. The molecule has 0 amide bonds. The van der Waals surface area contributed by atoms with Gasteiger partial charge in [-0.3, -0.25) is 4.98 Å². The van der Waals surface area contributed by atoms with E-state index in [-0.39, 0.29) is 35.0 Å². The van der Waals surface area contributed by atoms with E-state index in [0.717, 1.165) is 32.1 Å². The number of nitrogens with zero attached hydrogens (tertiary/aromatic N) is 4. The van der Waals surface area contributed by atoms with E-state index in [1.807, 2.05) is 0 Å². The quantitative estimate of drug-likeness (QED) is 0.547. The molecule has 1 aromatic carbocycles. The fourth-order valence-corrected chi connectivity index (χ4v) is 5.49. The molecule has 1 saturated carbocycles. The molecule has 3 fully saturated rings. The van der Waals surface area contributed by atoms with E-state index in [1.54, 1.807) is 18.3 Å². The van der Waals surface area contributed by atoms with Crippen LogP contribution in [0.1, 0.15) is 32.1 Å². The lowest BCUT2D eigenvalue weighted by molar-refractivity contribution is 0.171. The molecule has 3 aliphatic rings. The van der Waals surface area contributed by atoms with Crippen molar-refractivity contribution in [1.82, 2.24) is 20.3 Å². The van der Waals surface area contributed by atoms with Gasteiger partial charge in [0.25, 0.3) is 0 Å². The third-order valence-electron chi connectivity index (χ3n) is 7.37. The highest BCUT2D eigenvalue weighted by Crippen LogP contribution is 2.40. The number of benzene rings is 1. The van der Waals surface area contributed by atoms with Crippen molar-refractivity contribution in [2.45, 2.75) is 62.4 Å². The largest absolute Gasteiger partial charge is 0.507 e. The van der Waals surface area contributed by atoms with E-state index in [4.69, 9.17) is 4.74 Å². The lowest BCUT2D eigenvalue weighted by atomic mass is 9.96. The Bertz CT molecular complexity index is 1240. The molecule has 9 heteroatoms. The summed E-state index contributed by atoms with van der Waals surface area (Å²) in [5.74, 6) is 0.356. The van der Waals surface area contributed by atoms with Crippen LogP contribution in [0.3, 0.4) is 0 Å². The van der Waals surface area contributed by atoms with Crippen LogP contribution in [-0.2, 0) is 0 Å². The molecule has 2 N–H and O–H groups in total. The third kappa shape index (κ3) is 4.07. The number of phenolic OH excluding ortho intramolecular Hbond substituents is 1. The molecule has 2 unspecified atom stereocenters. The number of pyridine rings is 1. The van der Waals surface area contributed by atoms with E-state index in [1.165, 1.54) is 31.6 Å². The summed E-state index contributed by atoms with van der Waals surface area (Å²) >= 11 is 0. The van der Waals surface area contributed by atoms with Gasteiger partial charge in [-0.2, -0.15) is 0 Å². The van der Waals surface area contributed by atoms with Gasteiger partial charge in [-0.05, 0) is 55.9 Å². The number of aromatic nitrogens is 3. The zero-order valence-corrected chi connectivity index (χ0v) is 19.4. The molecule has 3 aromatic rings. The molecule has 182 valence electrons. The maximum atomic E-state index is 15.3. The zero-order chi connectivity index (χ0) is 24.1. The SMILES string of the molecule is COc1cc(-c2cc(O)c(-c3cnc(N(C4CC4)[C@@H]4CC5CCC(N5)[C@@H]4F)cn3)cc2F)ccn1. The number of fused-ring (bicyclic) bond motifs is 2. The Kier molecular flexibility index (Phi) is 5.51. The summed E-state index contributed by atoms with van der Waals surface area (Å²) in [5, 5.41) is 14.1. The van der Waals surface area contributed by atoms with Crippen LogP contribution >= 0.6 is 0 Å². The predicted molar refractivity (Wildman–Crippen MR) is 128 cm³/mol. The molecule has 0 spiro atoms. The Hall–Kier alpha value is -3.33. The van der Waals surface area contributed by atoms with Crippen molar-refractivity contribution in [2.75, 3.05) is 12.0 Å². The highest BCUT2D eigenvalue weighted by Gasteiger charge is 2.48. The molecule has 2 bridgehead atoms. The highest BCUT2D eigenvalue weighted by atomic mass is 19.1. The normalized spacial score (nSPS) is 25.5. The number of rotatable bonds is 6. The Morgan fingerprint density at radius 2 is 1.91 bits per heavy atom. The third-order valence-corrected chi connectivity index (χ3v) is 7.37. The topological polar surface area (TPSA) is 83.4 Å². The minimum atomic E-state index is -0.951. The van der Waals surface area contributed by atoms with Crippen molar-refractivity contribution in [1.29, 1.82) is 0 Å². The summed E-state index contributed by atoms with van der Waals surface area (Å²) in [4.78, 5) is 15.2. The van der Waals surface area contributed by atoms with Crippen LogP contribution in [0.4, 0.5) is 14.6 Å². The molecule has 1 aliphatic carbocycles. The molecule has 2 aliphatic heterocycles. The molecule has 2 saturated heterocycles. The van der Waals surface area contributed by atoms with Gasteiger partial charge in [-0.15, -0.1) is 0 Å². The van der Waals surface area contributed by atoms with Crippen molar-refractivity contribution in [2.24, 2.45) is 0 Å². The average Bonchev–Trinajstić information content (AvgIpc) is 3.63. The Morgan fingerprint density at radius 3 is 2.66 bits per heavy atom. The maximum absolute atomic E-state index is 15.3. The van der Waals surface area contributed by atoms with Crippen LogP contribution in [0.25, 0.3) is 22.4 Å². The van der Waals surface area contributed by atoms with Crippen molar-refractivity contribution < 1.29 is 18.6 Å². The van der Waals surface area contributed by atoms with Crippen LogP contribution in [0, 0.1) is 5.82 Å². The van der Waals surface area contributed by atoms with Gasteiger partial charge in [0.05, 0.1) is 31.2 Å². The van der Waals surface area contributed by atoms with Crippen LogP contribution < -0.4 is 15.0 Å². The van der Waals surface area contributed by atoms with Crippen LogP contribution in [-0.4, -0.2) is 57.5 Å². The molecule has 6 rings (SSSR count). The second kappa shape index (κ2) is 8.71. The van der Waals surface area contributed by atoms with Crippen molar-refractivity contribution in [3.63, 3.8) is 0 Å². The number of hydrogen-bond acceptors (Lipinski definition) is 7. The number of alkyl halides is 1. The number of hydrogen-bond donors (Lipinski definition) is 2. The number of anilines is 1. The van der Waals surface area contributed by atoms with E-state index >= 15 is 8.78 Å². The lowest BCUT2D eigenvalue weighted by Crippen LogP contribution is -2.57. The first-order valence-electron chi connectivity index (χ1n) is 12.1. The predicted octanol–water partition coefficient (Wildman–Crippen LogP) is 4.26. The summed E-state index contributed by atoms with van der Waals surface area (Å²) in [6.45, 7) is 0. The lowest BCUT2D eigenvalue weighted by Gasteiger charge is -2.41. The highest BCUT2D eigenvalue weighted by molar-refractivity contribution is 5.75. The number of nitrogens with one attached hydrogen (secondary N) is 1. The second-order valence-corrected chi connectivity index (χ2v) is 9.63. The Morgan fingerprint density at radius 1 is 1.06 bits per heavy atom. The van der Waals surface area contributed by atoms with E-state index in [2.05, 4.69) is 25.2 Å². The van der Waals surface area contributed by atoms with Crippen molar-refractivity contribution >= 4 is 5.82 Å². The van der Waals surface area contributed by atoms with E-state index < -0.39 is 12.0 Å². The summed E-state index contributed by atoms with van der Waals surface area (Å²) in [7, 11) is 1.49. The zero-order valence-electron chi connectivity index (χ0n) is 19.4. The van der Waals surface area contributed by atoms with Gasteiger partial charge in [0, 0.05) is 41.5 Å². The number of aromatic hydroxyl groups is 1. The fraction of sp³-hybridized carbons (Fsp3) is 0.423. The van der Waals surface area contributed by atoms with E-state index in [9.17, 15) is 5.11 Å². The summed E-state index contributed by atoms with van der Waals surface area (Å²) in [6, 6.07) is 6.18. The molecule has 0 radical (unpaired) electrons. The molecule has 4 atom stereocenters. The van der Waals surface area contributed by atoms with Crippen LogP contribution in [0.2, 0.25) is 0 Å². The van der Waals surface area contributed by atoms with Gasteiger partial charge in [0.2, 0.25) is 5.88 Å². The molecular weight excluding hydrogens is 452 g/mol. The first-order valence-corrected chi connectivity index (χ1v) is 12.1. The molecule has 2 aromatic heterocycles. The van der Waals surface area contributed by atoms with Crippen LogP contribution in [0.15, 0.2) is 42.9 Å². The van der Waals surface area contributed by atoms with Gasteiger partial charge in [0.1, 0.15) is 23.6 Å². The van der Waals surface area contributed by atoms with Gasteiger partial charge in [0.15, 0.2) is 0 Å². The summed E-state index contributed by atoms with van der Waals surface area (Å²) < 4.78 is 35.5. The van der Waals surface area contributed by atoms with E-state index in [0.29, 0.717) is 29.0 Å². The first kappa shape index (κ1) is 22.2. The van der Waals surface area contributed by atoms with Gasteiger partial charge in [-0.25, -0.2) is 18.7 Å². The Labute approximate surface area is 202 Å². The summed E-state index contributed by atoms with van der Waals surface area (Å²) in [6.07, 6.45) is 8.38. The monoisotopic (exact) mass is 479 g/mol. The standard InChI is InChI=1S/C26H27F2N5O2/c1-35-25-8-14(6-7-29-25)17-11-23(34)18(10-19(17)27)21-12-31-24(13-30-21)33(16-3-4-16)22-9-15-2-5-20(32-15)26(22)28/h6-8,10-13,15-16,20,22,26,32,34H,2-5,9H2,1H3/t15?,20?,22-,26+/m1/s1. The second-order valence-electron chi connectivity index (χ2n) is 9.63. The number of methoxy groups -OCH3 is 1. The maximum Gasteiger partial charge on any atom is 0.213 e. The van der Waals surface area contributed by atoms with Gasteiger partial charge >= 0.3 is 0 Å².